The molecule has 1 fully saturated rings. The minimum atomic E-state index is 0.181. The number of carbonyl (C=O) groups is 1. The predicted octanol–water partition coefficient (Wildman–Crippen LogP) is 3.89. The molecule has 0 aliphatic heterocycles. The SMILES string of the molecule is COCCOc1ccc2c(c1)nc(NCCCCNC(=O)CCC1CCCC1)c1nnc(C)n12. The Kier molecular flexibility index (Phi) is 8.51. The average molecular weight is 469 g/mol. The number of methoxy groups -OCH3 is 1. The second-order valence-electron chi connectivity index (χ2n) is 9.03. The first kappa shape index (κ1) is 24.2. The Morgan fingerprint density at radius 3 is 2.79 bits per heavy atom. The summed E-state index contributed by atoms with van der Waals surface area (Å²) in [5, 5.41) is 15.0. The molecule has 1 aliphatic carbocycles. The summed E-state index contributed by atoms with van der Waals surface area (Å²) >= 11 is 0. The lowest BCUT2D eigenvalue weighted by atomic mass is 10.0. The molecule has 1 aromatic carbocycles. The largest absolute Gasteiger partial charge is 0.491 e. The molecule has 9 heteroatoms. The van der Waals surface area contributed by atoms with Crippen LogP contribution in [0.15, 0.2) is 18.2 Å². The highest BCUT2D eigenvalue weighted by atomic mass is 16.5. The van der Waals surface area contributed by atoms with Gasteiger partial charge in [0.25, 0.3) is 0 Å². The van der Waals surface area contributed by atoms with E-state index in [0.717, 1.165) is 54.3 Å². The predicted molar refractivity (Wildman–Crippen MR) is 132 cm³/mol. The summed E-state index contributed by atoms with van der Waals surface area (Å²) in [6.45, 7) is 4.39. The number of aromatic nitrogens is 4. The highest BCUT2D eigenvalue weighted by Crippen LogP contribution is 2.28. The van der Waals surface area contributed by atoms with E-state index in [1.54, 1.807) is 7.11 Å². The molecule has 0 radical (unpaired) electrons. The average Bonchev–Trinajstić information content (AvgIpc) is 3.50. The number of fused-ring (bicyclic) bond motifs is 3. The van der Waals surface area contributed by atoms with Crippen LogP contribution in [0.2, 0.25) is 0 Å². The first-order chi connectivity index (χ1) is 16.7. The van der Waals surface area contributed by atoms with Crippen molar-refractivity contribution in [2.24, 2.45) is 5.92 Å². The number of nitrogens with zero attached hydrogens (tertiary/aromatic N) is 4. The maximum Gasteiger partial charge on any atom is 0.220 e. The Morgan fingerprint density at radius 2 is 1.97 bits per heavy atom. The van der Waals surface area contributed by atoms with E-state index in [4.69, 9.17) is 14.5 Å². The van der Waals surface area contributed by atoms with Crippen LogP contribution in [0.5, 0.6) is 5.75 Å². The van der Waals surface area contributed by atoms with Gasteiger partial charge in [0.05, 0.1) is 17.6 Å². The molecular weight excluding hydrogens is 432 g/mol. The number of hydrogen-bond donors (Lipinski definition) is 2. The molecule has 0 bridgehead atoms. The minimum Gasteiger partial charge on any atom is -0.491 e. The van der Waals surface area contributed by atoms with E-state index in [0.29, 0.717) is 37.6 Å². The van der Waals surface area contributed by atoms with Gasteiger partial charge >= 0.3 is 0 Å². The summed E-state index contributed by atoms with van der Waals surface area (Å²) in [6, 6.07) is 5.83. The Bertz CT molecular complexity index is 1090. The van der Waals surface area contributed by atoms with Crippen molar-refractivity contribution in [1.82, 2.24) is 24.9 Å². The number of ether oxygens (including phenoxy) is 2. The standard InChI is InChI=1S/C25H36N6O3/c1-18-29-30-25-24(27-14-6-5-13-26-23(32)12-9-19-7-3-4-8-19)28-21-17-20(34-16-15-33-2)10-11-22(21)31(18)25/h10-11,17,19H,3-9,12-16H2,1-2H3,(H,26,32)(H,27,28). The van der Waals surface area contributed by atoms with Crippen molar-refractivity contribution in [1.29, 1.82) is 0 Å². The van der Waals surface area contributed by atoms with Gasteiger partial charge in [-0.2, -0.15) is 0 Å². The summed E-state index contributed by atoms with van der Waals surface area (Å²) in [4.78, 5) is 16.9. The Hall–Kier alpha value is -2.94. The molecule has 2 N–H and O–H groups in total. The molecule has 2 heterocycles. The van der Waals surface area contributed by atoms with Crippen LogP contribution < -0.4 is 15.4 Å². The summed E-state index contributed by atoms with van der Waals surface area (Å²) in [5.41, 5.74) is 2.45. The maximum atomic E-state index is 12.1. The second kappa shape index (κ2) is 12.0. The Balaban J connectivity index is 1.29. The molecule has 34 heavy (non-hydrogen) atoms. The molecule has 0 atom stereocenters. The van der Waals surface area contributed by atoms with E-state index >= 15 is 0 Å². The van der Waals surface area contributed by atoms with Crippen LogP contribution >= 0.6 is 0 Å². The number of amides is 1. The normalized spacial score (nSPS) is 14.2. The molecule has 0 spiro atoms. The van der Waals surface area contributed by atoms with Crippen LogP contribution in [0.4, 0.5) is 5.82 Å². The van der Waals surface area contributed by atoms with Crippen LogP contribution in [0.3, 0.4) is 0 Å². The van der Waals surface area contributed by atoms with E-state index < -0.39 is 0 Å². The first-order valence-corrected chi connectivity index (χ1v) is 12.4. The quantitative estimate of drug-likeness (QED) is 0.367. The highest BCUT2D eigenvalue weighted by Gasteiger charge is 2.16. The van der Waals surface area contributed by atoms with Gasteiger partial charge in [0.1, 0.15) is 18.2 Å². The van der Waals surface area contributed by atoms with Crippen LogP contribution in [0, 0.1) is 12.8 Å². The molecule has 0 saturated heterocycles. The lowest BCUT2D eigenvalue weighted by Crippen LogP contribution is -2.25. The number of hydrogen-bond acceptors (Lipinski definition) is 7. The second-order valence-corrected chi connectivity index (χ2v) is 9.03. The number of benzene rings is 1. The molecule has 3 aromatic rings. The van der Waals surface area contributed by atoms with E-state index in [-0.39, 0.29) is 5.91 Å². The van der Waals surface area contributed by atoms with Gasteiger partial charge < -0.3 is 20.1 Å². The number of aryl methyl sites for hydroxylation is 1. The van der Waals surface area contributed by atoms with Gasteiger partial charge in [-0.15, -0.1) is 10.2 Å². The number of anilines is 1. The lowest BCUT2D eigenvalue weighted by molar-refractivity contribution is -0.121. The number of unbranched alkanes of at least 4 members (excludes halogenated alkanes) is 1. The van der Waals surface area contributed by atoms with Crippen molar-refractivity contribution < 1.29 is 14.3 Å². The molecule has 2 aromatic heterocycles. The van der Waals surface area contributed by atoms with E-state index in [1.165, 1.54) is 25.7 Å². The van der Waals surface area contributed by atoms with Crippen LogP contribution in [-0.4, -0.2) is 58.9 Å². The Labute approximate surface area is 200 Å². The first-order valence-electron chi connectivity index (χ1n) is 12.4. The van der Waals surface area contributed by atoms with Crippen molar-refractivity contribution in [3.63, 3.8) is 0 Å². The van der Waals surface area contributed by atoms with Crippen molar-refractivity contribution >= 4 is 28.4 Å². The third kappa shape index (κ3) is 6.14. The minimum absolute atomic E-state index is 0.181. The zero-order chi connectivity index (χ0) is 23.8. The third-order valence-corrected chi connectivity index (χ3v) is 6.49. The zero-order valence-electron chi connectivity index (χ0n) is 20.3. The molecule has 184 valence electrons. The fourth-order valence-corrected chi connectivity index (χ4v) is 4.61. The van der Waals surface area contributed by atoms with Crippen molar-refractivity contribution in [2.75, 3.05) is 38.7 Å². The molecule has 9 nitrogen and oxygen atoms in total. The number of rotatable bonds is 13. The summed E-state index contributed by atoms with van der Waals surface area (Å²) in [6.07, 6.45) is 8.77. The van der Waals surface area contributed by atoms with Crippen LogP contribution in [0.1, 0.15) is 57.2 Å². The smallest absolute Gasteiger partial charge is 0.220 e. The van der Waals surface area contributed by atoms with Gasteiger partial charge in [0, 0.05) is 32.7 Å². The number of carbonyl (C=O) groups excluding carboxylic acids is 1. The molecular formula is C25H36N6O3. The van der Waals surface area contributed by atoms with Gasteiger partial charge in [-0.1, -0.05) is 25.7 Å². The van der Waals surface area contributed by atoms with Crippen molar-refractivity contribution in [3.8, 4) is 5.75 Å². The summed E-state index contributed by atoms with van der Waals surface area (Å²) in [5.74, 6) is 3.19. The third-order valence-electron chi connectivity index (χ3n) is 6.49. The summed E-state index contributed by atoms with van der Waals surface area (Å²) < 4.78 is 12.8. The lowest BCUT2D eigenvalue weighted by Gasteiger charge is -2.12. The fraction of sp³-hybridized carbons (Fsp3) is 0.600. The van der Waals surface area contributed by atoms with E-state index in [2.05, 4.69) is 20.8 Å². The van der Waals surface area contributed by atoms with E-state index in [1.807, 2.05) is 29.5 Å². The van der Waals surface area contributed by atoms with Crippen molar-refractivity contribution in [3.05, 3.63) is 24.0 Å². The molecule has 4 rings (SSSR count). The summed E-state index contributed by atoms with van der Waals surface area (Å²) in [7, 11) is 1.65. The Morgan fingerprint density at radius 1 is 1.15 bits per heavy atom. The van der Waals surface area contributed by atoms with Gasteiger partial charge in [-0.05, 0) is 44.2 Å². The van der Waals surface area contributed by atoms with Crippen LogP contribution in [0.25, 0.3) is 16.7 Å². The monoisotopic (exact) mass is 468 g/mol. The zero-order valence-corrected chi connectivity index (χ0v) is 20.3. The van der Waals surface area contributed by atoms with Gasteiger partial charge in [-0.3, -0.25) is 9.20 Å². The van der Waals surface area contributed by atoms with Crippen LogP contribution in [-0.2, 0) is 9.53 Å². The molecule has 1 amide bonds. The van der Waals surface area contributed by atoms with Crippen molar-refractivity contribution in [2.45, 2.75) is 58.3 Å². The van der Waals surface area contributed by atoms with E-state index in [9.17, 15) is 4.79 Å². The molecule has 1 aliphatic rings. The highest BCUT2D eigenvalue weighted by molar-refractivity contribution is 5.84. The maximum absolute atomic E-state index is 12.1. The molecule has 0 unspecified atom stereocenters. The fourth-order valence-electron chi connectivity index (χ4n) is 4.61. The van der Waals surface area contributed by atoms with Gasteiger partial charge in [0.2, 0.25) is 11.6 Å². The number of nitrogens with one attached hydrogen (secondary N) is 2. The van der Waals surface area contributed by atoms with Gasteiger partial charge in [-0.25, -0.2) is 4.98 Å². The van der Waals surface area contributed by atoms with Gasteiger partial charge in [0.15, 0.2) is 5.82 Å². The molecule has 1 saturated carbocycles. The topological polar surface area (TPSA) is 103 Å².